The topological polar surface area (TPSA) is 0 Å². The molecule has 0 aromatic heterocycles. The molecule has 0 saturated carbocycles. The molecule has 0 fully saturated rings. The monoisotopic (exact) mass is 268 g/mol. The molecule has 11 heavy (non-hydrogen) atoms. The quantitative estimate of drug-likeness (QED) is 0.504. The van der Waals surface area contributed by atoms with Crippen molar-refractivity contribution >= 4 is 22.6 Å². The van der Waals surface area contributed by atoms with Gasteiger partial charge in [0.2, 0.25) is 0 Å². The van der Waals surface area contributed by atoms with Gasteiger partial charge in [-0.25, -0.2) is 8.78 Å². The van der Waals surface area contributed by atoms with E-state index in [1.54, 1.807) is 6.08 Å². The summed E-state index contributed by atoms with van der Waals surface area (Å²) < 4.78 is 26.0. The van der Waals surface area contributed by atoms with Gasteiger partial charge in [-0.2, -0.15) is 0 Å². The van der Waals surface area contributed by atoms with Crippen molar-refractivity contribution in [3.8, 4) is 0 Å². The van der Waals surface area contributed by atoms with Crippen molar-refractivity contribution in [3.63, 3.8) is 0 Å². The molecule has 1 rings (SSSR count). The van der Waals surface area contributed by atoms with Gasteiger partial charge in [-0.3, -0.25) is 0 Å². The maximum Gasteiger partial charge on any atom is 0.129 e. The summed E-state index contributed by atoms with van der Waals surface area (Å²) in [5.41, 5.74) is 0.578. The standard InChI is InChI=1S/C8H7F2I/c9-7-3-1-2-6(5-11)8(10)4-7/h2-4H,1,5H2. The van der Waals surface area contributed by atoms with Crippen molar-refractivity contribution < 1.29 is 8.78 Å². The molecular weight excluding hydrogens is 261 g/mol. The molecule has 0 nitrogen and oxygen atoms in total. The smallest absolute Gasteiger partial charge is 0.129 e. The van der Waals surface area contributed by atoms with Gasteiger partial charge in [0.05, 0.1) is 0 Å². The molecule has 1 aliphatic rings. The highest BCUT2D eigenvalue weighted by molar-refractivity contribution is 14.1. The van der Waals surface area contributed by atoms with Crippen LogP contribution in [-0.2, 0) is 0 Å². The summed E-state index contributed by atoms with van der Waals surface area (Å²) in [6.45, 7) is 0. The third-order valence-corrected chi connectivity index (χ3v) is 2.21. The Bertz CT molecular complexity index is 238. The molecule has 60 valence electrons. The Balaban J connectivity index is 2.88. The van der Waals surface area contributed by atoms with Gasteiger partial charge in [0, 0.05) is 10.5 Å². The van der Waals surface area contributed by atoms with E-state index < -0.39 is 11.7 Å². The number of allylic oxidation sites excluding steroid dienone is 6. The third kappa shape index (κ3) is 2.39. The number of halogens is 3. The molecule has 0 atom stereocenters. The number of rotatable bonds is 1. The minimum Gasteiger partial charge on any atom is -0.207 e. The number of hydrogen-bond acceptors (Lipinski definition) is 0. The van der Waals surface area contributed by atoms with Gasteiger partial charge < -0.3 is 0 Å². The fourth-order valence-electron chi connectivity index (χ4n) is 0.802. The van der Waals surface area contributed by atoms with E-state index in [0.29, 0.717) is 16.4 Å². The highest BCUT2D eigenvalue weighted by Crippen LogP contribution is 2.21. The SMILES string of the molecule is FC1=CCC=C(CI)C(F)=C1. The molecule has 0 amide bonds. The van der Waals surface area contributed by atoms with Crippen LogP contribution in [0.15, 0.2) is 35.5 Å². The first kappa shape index (κ1) is 8.90. The zero-order valence-corrected chi connectivity index (χ0v) is 7.94. The maximum absolute atomic E-state index is 12.9. The zero-order chi connectivity index (χ0) is 8.27. The van der Waals surface area contributed by atoms with E-state index in [0.717, 1.165) is 6.08 Å². The Morgan fingerprint density at radius 3 is 2.73 bits per heavy atom. The van der Waals surface area contributed by atoms with E-state index in [1.807, 2.05) is 0 Å². The minimum absolute atomic E-state index is 0.453. The molecule has 0 spiro atoms. The summed E-state index contributed by atoms with van der Waals surface area (Å²) in [5, 5.41) is 0. The lowest BCUT2D eigenvalue weighted by Crippen LogP contribution is -1.83. The summed E-state index contributed by atoms with van der Waals surface area (Å²) >= 11 is 2.05. The molecule has 0 radical (unpaired) electrons. The summed E-state index contributed by atoms with van der Waals surface area (Å²) in [5.74, 6) is -0.941. The van der Waals surface area contributed by atoms with E-state index in [2.05, 4.69) is 22.6 Å². The highest BCUT2D eigenvalue weighted by Gasteiger charge is 2.06. The van der Waals surface area contributed by atoms with Crippen molar-refractivity contribution in [1.29, 1.82) is 0 Å². The molecule has 0 bridgehead atoms. The lowest BCUT2D eigenvalue weighted by molar-refractivity contribution is 0.625. The van der Waals surface area contributed by atoms with Gasteiger partial charge >= 0.3 is 0 Å². The van der Waals surface area contributed by atoms with Crippen LogP contribution in [0, 0.1) is 0 Å². The molecule has 0 N–H and O–H groups in total. The summed E-state index contributed by atoms with van der Waals surface area (Å²) in [4.78, 5) is 0. The second-order valence-electron chi connectivity index (χ2n) is 2.18. The van der Waals surface area contributed by atoms with Crippen molar-refractivity contribution in [2.24, 2.45) is 0 Å². The lowest BCUT2D eigenvalue weighted by Gasteiger charge is -1.95. The molecule has 3 heteroatoms. The molecular formula is C8H7F2I. The van der Waals surface area contributed by atoms with Crippen molar-refractivity contribution in [2.75, 3.05) is 4.43 Å². The molecule has 0 unspecified atom stereocenters. The summed E-state index contributed by atoms with van der Waals surface area (Å²) in [6.07, 6.45) is 4.47. The van der Waals surface area contributed by atoms with Crippen LogP contribution < -0.4 is 0 Å². The summed E-state index contributed by atoms with van der Waals surface area (Å²) in [6, 6.07) is 0. The minimum atomic E-state index is -0.487. The van der Waals surface area contributed by atoms with Crippen molar-refractivity contribution in [3.05, 3.63) is 35.5 Å². The van der Waals surface area contributed by atoms with Crippen LogP contribution in [0.4, 0.5) is 8.78 Å². The fraction of sp³-hybridized carbons (Fsp3) is 0.250. The largest absolute Gasteiger partial charge is 0.207 e. The lowest BCUT2D eigenvalue weighted by atomic mass is 10.2. The Morgan fingerprint density at radius 2 is 2.09 bits per heavy atom. The van der Waals surface area contributed by atoms with Crippen LogP contribution in [0.1, 0.15) is 6.42 Å². The molecule has 0 heterocycles. The maximum atomic E-state index is 12.9. The van der Waals surface area contributed by atoms with E-state index >= 15 is 0 Å². The first-order valence-electron chi connectivity index (χ1n) is 3.22. The van der Waals surface area contributed by atoms with Gasteiger partial charge in [-0.05, 0) is 18.1 Å². The Kier molecular flexibility index (Phi) is 3.23. The van der Waals surface area contributed by atoms with Gasteiger partial charge in [0.25, 0.3) is 0 Å². The summed E-state index contributed by atoms with van der Waals surface area (Å²) in [7, 11) is 0. The number of hydrogen-bond donors (Lipinski definition) is 0. The Hall–Kier alpha value is -0.190. The van der Waals surface area contributed by atoms with Crippen LogP contribution in [-0.4, -0.2) is 4.43 Å². The van der Waals surface area contributed by atoms with E-state index in [-0.39, 0.29) is 0 Å². The zero-order valence-electron chi connectivity index (χ0n) is 5.78. The van der Waals surface area contributed by atoms with Crippen LogP contribution in [0.5, 0.6) is 0 Å². The van der Waals surface area contributed by atoms with Crippen LogP contribution in [0.25, 0.3) is 0 Å². The predicted molar refractivity (Wildman–Crippen MR) is 50.0 cm³/mol. The van der Waals surface area contributed by atoms with E-state index in [9.17, 15) is 8.78 Å². The second-order valence-corrected chi connectivity index (χ2v) is 2.94. The fourth-order valence-corrected chi connectivity index (χ4v) is 1.48. The highest BCUT2D eigenvalue weighted by atomic mass is 127. The van der Waals surface area contributed by atoms with Gasteiger partial charge in [0.1, 0.15) is 11.7 Å². The van der Waals surface area contributed by atoms with E-state index in [4.69, 9.17) is 0 Å². The predicted octanol–water partition coefficient (Wildman–Crippen LogP) is 3.46. The Labute approximate surface area is 77.8 Å². The van der Waals surface area contributed by atoms with Gasteiger partial charge in [-0.15, -0.1) is 0 Å². The molecule has 0 aromatic carbocycles. The van der Waals surface area contributed by atoms with Crippen molar-refractivity contribution in [2.45, 2.75) is 6.42 Å². The Morgan fingerprint density at radius 1 is 1.36 bits per heavy atom. The van der Waals surface area contributed by atoms with Crippen LogP contribution in [0.2, 0.25) is 0 Å². The first-order valence-corrected chi connectivity index (χ1v) is 4.75. The average Bonchev–Trinajstić information content (AvgIpc) is 2.11. The van der Waals surface area contributed by atoms with Crippen molar-refractivity contribution in [1.82, 2.24) is 0 Å². The third-order valence-electron chi connectivity index (χ3n) is 1.39. The van der Waals surface area contributed by atoms with Crippen LogP contribution in [0.3, 0.4) is 0 Å². The van der Waals surface area contributed by atoms with E-state index in [1.165, 1.54) is 6.08 Å². The molecule has 0 aliphatic heterocycles. The number of alkyl halides is 1. The normalized spacial score (nSPS) is 18.3. The molecule has 0 saturated heterocycles. The first-order chi connectivity index (χ1) is 5.24. The molecule has 1 aliphatic carbocycles. The molecule has 0 aromatic rings. The second kappa shape index (κ2) is 3.99. The average molecular weight is 268 g/mol. The van der Waals surface area contributed by atoms with Gasteiger partial charge in [-0.1, -0.05) is 28.7 Å². The van der Waals surface area contributed by atoms with Gasteiger partial charge in [0.15, 0.2) is 0 Å². The van der Waals surface area contributed by atoms with Crippen LogP contribution >= 0.6 is 22.6 Å².